The SMILES string of the molecule is O=C(NCCCCN1CCN(c2cccc3sccc23)CC1)[C@H]1CCCN1. The van der Waals surface area contributed by atoms with Crippen molar-refractivity contribution in [3.63, 3.8) is 0 Å². The summed E-state index contributed by atoms with van der Waals surface area (Å²) in [5.74, 6) is 0.184. The first-order valence-electron chi connectivity index (χ1n) is 10.3. The molecule has 0 radical (unpaired) electrons. The molecule has 3 heterocycles. The Labute approximate surface area is 165 Å². The molecule has 1 aromatic heterocycles. The van der Waals surface area contributed by atoms with Crippen LogP contribution in [0.25, 0.3) is 10.1 Å². The molecule has 2 fully saturated rings. The monoisotopic (exact) mass is 386 g/mol. The molecule has 5 nitrogen and oxygen atoms in total. The van der Waals surface area contributed by atoms with Gasteiger partial charge in [0.15, 0.2) is 0 Å². The van der Waals surface area contributed by atoms with Gasteiger partial charge in [-0.2, -0.15) is 0 Å². The number of amides is 1. The van der Waals surface area contributed by atoms with Crippen LogP contribution in [0, 0.1) is 0 Å². The highest BCUT2D eigenvalue weighted by atomic mass is 32.1. The van der Waals surface area contributed by atoms with Crippen LogP contribution >= 0.6 is 11.3 Å². The fourth-order valence-corrected chi connectivity index (χ4v) is 4.98. The Kier molecular flexibility index (Phi) is 6.27. The lowest BCUT2D eigenvalue weighted by Crippen LogP contribution is -2.46. The number of thiophene rings is 1. The molecule has 1 amide bonds. The average molecular weight is 387 g/mol. The van der Waals surface area contributed by atoms with Crippen LogP contribution in [0.3, 0.4) is 0 Å². The number of carbonyl (C=O) groups excluding carboxylic acids is 1. The second-order valence-electron chi connectivity index (χ2n) is 7.59. The number of nitrogens with zero attached hydrogens (tertiary/aromatic N) is 2. The second-order valence-corrected chi connectivity index (χ2v) is 8.53. The Morgan fingerprint density at radius 3 is 2.89 bits per heavy atom. The highest BCUT2D eigenvalue weighted by Crippen LogP contribution is 2.31. The van der Waals surface area contributed by atoms with E-state index in [1.54, 1.807) is 0 Å². The minimum Gasteiger partial charge on any atom is -0.368 e. The molecule has 0 spiro atoms. The maximum Gasteiger partial charge on any atom is 0.237 e. The third kappa shape index (κ3) is 4.62. The van der Waals surface area contributed by atoms with Gasteiger partial charge in [0.25, 0.3) is 0 Å². The Balaban J connectivity index is 1.15. The quantitative estimate of drug-likeness (QED) is 0.719. The van der Waals surface area contributed by atoms with Crippen molar-refractivity contribution in [3.05, 3.63) is 29.6 Å². The molecular formula is C21H30N4OS. The van der Waals surface area contributed by atoms with Gasteiger partial charge in [-0.1, -0.05) is 6.07 Å². The van der Waals surface area contributed by atoms with Crippen LogP contribution in [-0.4, -0.2) is 62.7 Å². The highest BCUT2D eigenvalue weighted by Gasteiger charge is 2.21. The number of anilines is 1. The Morgan fingerprint density at radius 1 is 1.19 bits per heavy atom. The molecule has 6 heteroatoms. The van der Waals surface area contributed by atoms with E-state index in [2.05, 4.69) is 50.1 Å². The minimum atomic E-state index is 0.0470. The molecule has 1 aromatic carbocycles. The van der Waals surface area contributed by atoms with Crippen molar-refractivity contribution in [1.29, 1.82) is 0 Å². The molecule has 0 bridgehead atoms. The van der Waals surface area contributed by atoms with E-state index in [-0.39, 0.29) is 11.9 Å². The number of hydrogen-bond acceptors (Lipinski definition) is 5. The van der Waals surface area contributed by atoms with Gasteiger partial charge in [0.2, 0.25) is 5.91 Å². The van der Waals surface area contributed by atoms with Crippen molar-refractivity contribution in [3.8, 4) is 0 Å². The van der Waals surface area contributed by atoms with E-state index in [0.717, 1.165) is 71.5 Å². The molecule has 4 rings (SSSR count). The average Bonchev–Trinajstić information content (AvgIpc) is 3.39. The van der Waals surface area contributed by atoms with Crippen molar-refractivity contribution < 1.29 is 4.79 Å². The number of fused-ring (bicyclic) bond motifs is 1. The Bertz CT molecular complexity index is 747. The molecule has 2 aliphatic rings. The van der Waals surface area contributed by atoms with E-state index >= 15 is 0 Å². The zero-order valence-electron chi connectivity index (χ0n) is 16.0. The molecule has 2 aliphatic heterocycles. The van der Waals surface area contributed by atoms with E-state index in [9.17, 15) is 4.79 Å². The van der Waals surface area contributed by atoms with Crippen LogP contribution in [0.2, 0.25) is 0 Å². The van der Waals surface area contributed by atoms with E-state index in [1.165, 1.54) is 15.8 Å². The number of nitrogens with one attached hydrogen (secondary N) is 2. The summed E-state index contributed by atoms with van der Waals surface area (Å²) in [5.41, 5.74) is 1.39. The molecule has 0 unspecified atom stereocenters. The lowest BCUT2D eigenvalue weighted by Gasteiger charge is -2.36. The Morgan fingerprint density at radius 2 is 2.07 bits per heavy atom. The van der Waals surface area contributed by atoms with Crippen molar-refractivity contribution >= 4 is 33.0 Å². The van der Waals surface area contributed by atoms with Crippen LogP contribution < -0.4 is 15.5 Å². The zero-order valence-corrected chi connectivity index (χ0v) is 16.8. The molecule has 0 aliphatic carbocycles. The molecular weight excluding hydrogens is 356 g/mol. The van der Waals surface area contributed by atoms with Crippen molar-refractivity contribution in [1.82, 2.24) is 15.5 Å². The van der Waals surface area contributed by atoms with E-state index in [1.807, 2.05) is 11.3 Å². The normalized spacial score (nSPS) is 21.0. The first-order chi connectivity index (χ1) is 13.3. The summed E-state index contributed by atoms with van der Waals surface area (Å²) in [7, 11) is 0. The topological polar surface area (TPSA) is 47.6 Å². The first kappa shape index (κ1) is 18.7. The molecule has 146 valence electrons. The summed E-state index contributed by atoms with van der Waals surface area (Å²) in [4.78, 5) is 17.1. The maximum atomic E-state index is 12.0. The maximum absolute atomic E-state index is 12.0. The molecule has 2 saturated heterocycles. The van der Waals surface area contributed by atoms with E-state index in [0.29, 0.717) is 0 Å². The van der Waals surface area contributed by atoms with Crippen molar-refractivity contribution in [2.24, 2.45) is 0 Å². The summed E-state index contributed by atoms with van der Waals surface area (Å²) >= 11 is 1.82. The van der Waals surface area contributed by atoms with Gasteiger partial charge in [0.1, 0.15) is 0 Å². The van der Waals surface area contributed by atoms with Gasteiger partial charge < -0.3 is 15.5 Å². The van der Waals surface area contributed by atoms with Crippen molar-refractivity contribution in [2.75, 3.05) is 50.7 Å². The predicted octanol–water partition coefficient (Wildman–Crippen LogP) is 2.67. The van der Waals surface area contributed by atoms with Gasteiger partial charge in [0.05, 0.1) is 6.04 Å². The molecule has 1 atom stereocenters. The van der Waals surface area contributed by atoms with Crippen LogP contribution in [0.15, 0.2) is 29.6 Å². The van der Waals surface area contributed by atoms with Crippen LogP contribution in [0.5, 0.6) is 0 Å². The lowest BCUT2D eigenvalue weighted by molar-refractivity contribution is -0.122. The fourth-order valence-electron chi connectivity index (χ4n) is 4.17. The minimum absolute atomic E-state index is 0.0470. The second kappa shape index (κ2) is 9.04. The summed E-state index contributed by atoms with van der Waals surface area (Å²) in [6.07, 6.45) is 4.31. The summed E-state index contributed by atoms with van der Waals surface area (Å²) < 4.78 is 1.38. The summed E-state index contributed by atoms with van der Waals surface area (Å²) in [6.45, 7) is 7.35. The number of unbranched alkanes of at least 4 members (excludes halogenated alkanes) is 1. The van der Waals surface area contributed by atoms with Gasteiger partial charge >= 0.3 is 0 Å². The molecule has 27 heavy (non-hydrogen) atoms. The van der Waals surface area contributed by atoms with Gasteiger partial charge in [-0.25, -0.2) is 0 Å². The smallest absolute Gasteiger partial charge is 0.237 e. The summed E-state index contributed by atoms with van der Waals surface area (Å²) in [6, 6.07) is 8.94. The van der Waals surface area contributed by atoms with E-state index in [4.69, 9.17) is 0 Å². The number of piperazine rings is 1. The third-order valence-corrected chi connectivity index (χ3v) is 6.65. The van der Waals surface area contributed by atoms with Crippen molar-refractivity contribution in [2.45, 2.75) is 31.7 Å². The number of hydrogen-bond donors (Lipinski definition) is 2. The van der Waals surface area contributed by atoms with Crippen LogP contribution in [0.1, 0.15) is 25.7 Å². The first-order valence-corrected chi connectivity index (χ1v) is 11.1. The van der Waals surface area contributed by atoms with Crippen LogP contribution in [-0.2, 0) is 4.79 Å². The molecule has 2 aromatic rings. The standard InChI is InChI=1S/C21H30N4OS/c26-21(18-5-4-10-22-18)23-9-1-2-11-24-12-14-25(15-13-24)19-6-3-7-20-17(19)8-16-27-20/h3,6-8,16,18,22H,1-2,4-5,9-15H2,(H,23,26)/t18-/m1/s1. The van der Waals surface area contributed by atoms with Gasteiger partial charge in [-0.15, -0.1) is 11.3 Å². The number of benzene rings is 1. The lowest BCUT2D eigenvalue weighted by atomic mass is 10.1. The fraction of sp³-hybridized carbons (Fsp3) is 0.571. The highest BCUT2D eigenvalue weighted by molar-refractivity contribution is 7.17. The van der Waals surface area contributed by atoms with Gasteiger partial charge in [-0.3, -0.25) is 9.69 Å². The molecule has 2 N–H and O–H groups in total. The van der Waals surface area contributed by atoms with E-state index < -0.39 is 0 Å². The van der Waals surface area contributed by atoms with Crippen LogP contribution in [0.4, 0.5) is 5.69 Å². The largest absolute Gasteiger partial charge is 0.368 e. The zero-order chi connectivity index (χ0) is 18.5. The number of rotatable bonds is 7. The number of carbonyl (C=O) groups is 1. The third-order valence-electron chi connectivity index (χ3n) is 5.76. The van der Waals surface area contributed by atoms with Gasteiger partial charge in [0, 0.05) is 48.5 Å². The predicted molar refractivity (Wildman–Crippen MR) is 114 cm³/mol. The molecule has 0 saturated carbocycles. The summed E-state index contributed by atoms with van der Waals surface area (Å²) in [5, 5.41) is 9.91. The van der Waals surface area contributed by atoms with Gasteiger partial charge in [-0.05, 0) is 62.4 Å². The Hall–Kier alpha value is -1.63.